The number of amides is 1. The van der Waals surface area contributed by atoms with Crippen LogP contribution in [-0.2, 0) is 0 Å². The third-order valence-corrected chi connectivity index (χ3v) is 5.13. The Balaban J connectivity index is 2.02. The number of hydrogen-bond acceptors (Lipinski definition) is 3. The summed E-state index contributed by atoms with van der Waals surface area (Å²) in [4.78, 5) is 15.2. The SMILES string of the molecule is Cc1cccc2c(N)c(C(=O)N3CCCCC3)sc12. The first-order valence-corrected chi connectivity index (χ1v) is 7.57. The maximum atomic E-state index is 12.6. The second-order valence-electron chi connectivity index (χ2n) is 5.15. The van der Waals surface area contributed by atoms with Crippen molar-refractivity contribution in [3.05, 3.63) is 28.6 Å². The number of anilines is 1. The Morgan fingerprint density at radius 2 is 2.00 bits per heavy atom. The molecule has 1 fully saturated rings. The summed E-state index contributed by atoms with van der Waals surface area (Å²) in [7, 11) is 0. The fraction of sp³-hybridized carbons (Fsp3) is 0.400. The Hall–Kier alpha value is -1.55. The van der Waals surface area contributed by atoms with E-state index in [0.29, 0.717) is 10.6 Å². The molecule has 1 aromatic carbocycles. The third-order valence-electron chi connectivity index (χ3n) is 3.79. The van der Waals surface area contributed by atoms with Crippen molar-refractivity contribution in [2.45, 2.75) is 26.2 Å². The van der Waals surface area contributed by atoms with Gasteiger partial charge in [-0.15, -0.1) is 11.3 Å². The number of aryl methyl sites for hydroxylation is 1. The predicted octanol–water partition coefficient (Wildman–Crippen LogP) is 3.42. The number of nitrogen functional groups attached to an aromatic ring is 1. The number of piperidine rings is 1. The van der Waals surface area contributed by atoms with Crippen LogP contribution in [0.25, 0.3) is 10.1 Å². The van der Waals surface area contributed by atoms with E-state index in [1.165, 1.54) is 23.3 Å². The fourth-order valence-electron chi connectivity index (χ4n) is 2.68. The van der Waals surface area contributed by atoms with Crippen LogP contribution in [0.5, 0.6) is 0 Å². The summed E-state index contributed by atoms with van der Waals surface area (Å²) >= 11 is 1.54. The Labute approximate surface area is 117 Å². The van der Waals surface area contributed by atoms with Crippen molar-refractivity contribution in [1.82, 2.24) is 4.90 Å². The highest BCUT2D eigenvalue weighted by Crippen LogP contribution is 2.36. The molecule has 100 valence electrons. The molecular formula is C15H18N2OS. The molecule has 1 amide bonds. The first-order chi connectivity index (χ1) is 9.18. The molecule has 4 heteroatoms. The van der Waals surface area contributed by atoms with Gasteiger partial charge in [-0.25, -0.2) is 0 Å². The van der Waals surface area contributed by atoms with E-state index in [0.717, 1.165) is 36.0 Å². The topological polar surface area (TPSA) is 46.3 Å². The molecule has 0 radical (unpaired) electrons. The van der Waals surface area contributed by atoms with Gasteiger partial charge in [0.15, 0.2) is 0 Å². The zero-order chi connectivity index (χ0) is 13.4. The van der Waals surface area contributed by atoms with Gasteiger partial charge in [-0.2, -0.15) is 0 Å². The number of nitrogens with two attached hydrogens (primary N) is 1. The maximum Gasteiger partial charge on any atom is 0.266 e. The van der Waals surface area contributed by atoms with Gasteiger partial charge in [0, 0.05) is 23.2 Å². The molecule has 3 rings (SSSR count). The highest BCUT2D eigenvalue weighted by atomic mass is 32.1. The number of rotatable bonds is 1. The molecule has 0 saturated carbocycles. The molecule has 0 unspecified atom stereocenters. The van der Waals surface area contributed by atoms with E-state index >= 15 is 0 Å². The number of carbonyl (C=O) groups excluding carboxylic acids is 1. The monoisotopic (exact) mass is 274 g/mol. The number of benzene rings is 1. The standard InChI is InChI=1S/C15H18N2OS/c1-10-6-5-7-11-12(16)14(19-13(10)11)15(18)17-8-3-2-4-9-17/h5-7H,2-4,8-9,16H2,1H3. The van der Waals surface area contributed by atoms with Crippen molar-refractivity contribution >= 4 is 33.0 Å². The number of thiophene rings is 1. The predicted molar refractivity (Wildman–Crippen MR) is 80.7 cm³/mol. The van der Waals surface area contributed by atoms with E-state index in [1.807, 2.05) is 17.0 Å². The molecule has 2 heterocycles. The normalized spacial score (nSPS) is 15.9. The summed E-state index contributed by atoms with van der Waals surface area (Å²) in [6, 6.07) is 6.06. The van der Waals surface area contributed by atoms with Crippen LogP contribution >= 0.6 is 11.3 Å². The van der Waals surface area contributed by atoms with E-state index < -0.39 is 0 Å². The summed E-state index contributed by atoms with van der Waals surface area (Å²) in [6.45, 7) is 3.80. The Bertz CT molecular complexity index is 626. The number of hydrogen-bond donors (Lipinski definition) is 1. The Kier molecular flexibility index (Phi) is 3.19. The second-order valence-corrected chi connectivity index (χ2v) is 6.17. The molecular weight excluding hydrogens is 256 g/mol. The van der Waals surface area contributed by atoms with Crippen LogP contribution in [0.15, 0.2) is 18.2 Å². The van der Waals surface area contributed by atoms with Crippen LogP contribution in [0.1, 0.15) is 34.5 Å². The highest BCUT2D eigenvalue weighted by Gasteiger charge is 2.23. The van der Waals surface area contributed by atoms with Gasteiger partial charge < -0.3 is 10.6 Å². The van der Waals surface area contributed by atoms with Gasteiger partial charge >= 0.3 is 0 Å². The molecule has 2 N–H and O–H groups in total. The van der Waals surface area contributed by atoms with Gasteiger partial charge in [0.25, 0.3) is 5.91 Å². The van der Waals surface area contributed by atoms with Crippen molar-refractivity contribution in [1.29, 1.82) is 0 Å². The summed E-state index contributed by atoms with van der Waals surface area (Å²) in [6.07, 6.45) is 3.44. The molecule has 3 nitrogen and oxygen atoms in total. The molecule has 0 aliphatic carbocycles. The van der Waals surface area contributed by atoms with Crippen LogP contribution in [-0.4, -0.2) is 23.9 Å². The van der Waals surface area contributed by atoms with Gasteiger partial charge in [0.1, 0.15) is 4.88 Å². The molecule has 1 saturated heterocycles. The van der Waals surface area contributed by atoms with Crippen molar-refractivity contribution in [3.8, 4) is 0 Å². The van der Waals surface area contributed by atoms with E-state index in [9.17, 15) is 4.79 Å². The number of fused-ring (bicyclic) bond motifs is 1. The molecule has 0 atom stereocenters. The van der Waals surface area contributed by atoms with Crippen molar-refractivity contribution in [2.75, 3.05) is 18.8 Å². The zero-order valence-electron chi connectivity index (χ0n) is 11.1. The van der Waals surface area contributed by atoms with Crippen molar-refractivity contribution in [2.24, 2.45) is 0 Å². The lowest BCUT2D eigenvalue weighted by Crippen LogP contribution is -2.35. The quantitative estimate of drug-likeness (QED) is 0.866. The minimum atomic E-state index is 0.109. The smallest absolute Gasteiger partial charge is 0.266 e. The molecule has 19 heavy (non-hydrogen) atoms. The Morgan fingerprint density at radius 1 is 1.26 bits per heavy atom. The van der Waals surface area contributed by atoms with Gasteiger partial charge in [0.05, 0.1) is 5.69 Å². The maximum absolute atomic E-state index is 12.6. The molecule has 1 aliphatic heterocycles. The van der Waals surface area contributed by atoms with E-state index in [2.05, 4.69) is 13.0 Å². The molecule has 2 aromatic rings. The minimum absolute atomic E-state index is 0.109. The van der Waals surface area contributed by atoms with Crippen molar-refractivity contribution < 1.29 is 4.79 Å². The second kappa shape index (κ2) is 4.85. The Morgan fingerprint density at radius 3 is 2.68 bits per heavy atom. The number of carbonyl (C=O) groups is 1. The molecule has 1 aromatic heterocycles. The van der Waals surface area contributed by atoms with Crippen LogP contribution < -0.4 is 5.73 Å². The van der Waals surface area contributed by atoms with Crippen LogP contribution in [0.2, 0.25) is 0 Å². The molecule has 0 spiro atoms. The first kappa shape index (κ1) is 12.5. The largest absolute Gasteiger partial charge is 0.397 e. The van der Waals surface area contributed by atoms with Crippen LogP contribution in [0, 0.1) is 6.92 Å². The lowest BCUT2D eigenvalue weighted by molar-refractivity contribution is 0.0730. The molecule has 1 aliphatic rings. The average Bonchev–Trinajstić information content (AvgIpc) is 2.78. The molecule has 0 bridgehead atoms. The lowest BCUT2D eigenvalue weighted by atomic mass is 10.1. The lowest BCUT2D eigenvalue weighted by Gasteiger charge is -2.26. The first-order valence-electron chi connectivity index (χ1n) is 6.75. The van der Waals surface area contributed by atoms with Crippen LogP contribution in [0.4, 0.5) is 5.69 Å². The minimum Gasteiger partial charge on any atom is -0.397 e. The van der Waals surface area contributed by atoms with Crippen LogP contribution in [0.3, 0.4) is 0 Å². The van der Waals surface area contributed by atoms with Crippen molar-refractivity contribution in [3.63, 3.8) is 0 Å². The van der Waals surface area contributed by atoms with E-state index in [-0.39, 0.29) is 5.91 Å². The van der Waals surface area contributed by atoms with E-state index in [1.54, 1.807) is 0 Å². The van der Waals surface area contributed by atoms with Gasteiger partial charge in [-0.3, -0.25) is 4.79 Å². The summed E-state index contributed by atoms with van der Waals surface area (Å²) in [5, 5.41) is 1.02. The third kappa shape index (κ3) is 2.10. The fourth-order valence-corrected chi connectivity index (χ4v) is 3.84. The average molecular weight is 274 g/mol. The number of nitrogens with zero attached hydrogens (tertiary/aromatic N) is 1. The van der Waals surface area contributed by atoms with E-state index in [4.69, 9.17) is 5.73 Å². The summed E-state index contributed by atoms with van der Waals surface area (Å²) in [5.41, 5.74) is 8.02. The highest BCUT2D eigenvalue weighted by molar-refractivity contribution is 7.21. The summed E-state index contributed by atoms with van der Waals surface area (Å²) in [5.74, 6) is 0.109. The summed E-state index contributed by atoms with van der Waals surface area (Å²) < 4.78 is 1.14. The number of likely N-dealkylation sites (tertiary alicyclic amines) is 1. The van der Waals surface area contributed by atoms with Gasteiger partial charge in [-0.1, -0.05) is 18.2 Å². The van der Waals surface area contributed by atoms with Gasteiger partial charge in [0.2, 0.25) is 0 Å². The zero-order valence-corrected chi connectivity index (χ0v) is 11.9. The van der Waals surface area contributed by atoms with Gasteiger partial charge in [-0.05, 0) is 31.7 Å².